The number of benzene rings is 1. The molecule has 0 atom stereocenters. The number of piperidine rings is 1. The van der Waals surface area contributed by atoms with Crippen LogP contribution >= 0.6 is 0 Å². The number of nitrogens with zero attached hydrogens (tertiary/aromatic N) is 2. The average molecular weight is 452 g/mol. The number of carbonyl (C=O) groups excluding carboxylic acids is 1. The number of rotatable bonds is 9. The maximum Gasteiger partial charge on any atom is 0.243 e. The first-order valence-corrected chi connectivity index (χ1v) is 13.0. The second-order valence-electron chi connectivity index (χ2n) is 9.18. The van der Waals surface area contributed by atoms with E-state index >= 15 is 0 Å². The Morgan fingerprint density at radius 1 is 1.16 bits per heavy atom. The molecule has 0 radical (unpaired) electrons. The summed E-state index contributed by atoms with van der Waals surface area (Å²) in [5, 5.41) is 2.90. The second-order valence-corrected chi connectivity index (χ2v) is 11.1. The van der Waals surface area contributed by atoms with Crippen LogP contribution in [0.3, 0.4) is 0 Å². The van der Waals surface area contributed by atoms with Crippen LogP contribution in [0, 0.1) is 5.92 Å². The van der Waals surface area contributed by atoms with Gasteiger partial charge >= 0.3 is 0 Å². The highest BCUT2D eigenvalue weighted by Gasteiger charge is 2.27. The van der Waals surface area contributed by atoms with E-state index in [0.29, 0.717) is 30.4 Å². The summed E-state index contributed by atoms with van der Waals surface area (Å²) in [5.74, 6) is 0.983. The molecule has 2 fully saturated rings. The summed E-state index contributed by atoms with van der Waals surface area (Å²) < 4.78 is 33.6. The van der Waals surface area contributed by atoms with E-state index in [1.54, 1.807) is 12.1 Å². The lowest BCUT2D eigenvalue weighted by Crippen LogP contribution is -2.35. The molecular formula is C23H37N3O4S. The number of sulfonamides is 1. The number of hydrogen-bond acceptors (Lipinski definition) is 5. The minimum atomic E-state index is -3.59. The maximum atomic E-state index is 13.1. The molecular weight excluding hydrogens is 414 g/mol. The molecule has 7 nitrogen and oxygen atoms in total. The number of anilines is 1. The predicted molar refractivity (Wildman–Crippen MR) is 123 cm³/mol. The molecule has 2 aliphatic rings. The van der Waals surface area contributed by atoms with E-state index in [1.165, 1.54) is 36.1 Å². The molecule has 3 rings (SSSR count). The standard InChI is InChI=1S/C23H37N3O4S/c1-18(2)30-22-12-11-20(31(28,29)26-13-7-4-8-14-26)15-21(22)24-23(27)17-25(3)16-19-9-5-6-10-19/h11-12,15,18-19H,4-10,13-14,16-17H2,1-3H3,(H,24,27). The summed E-state index contributed by atoms with van der Waals surface area (Å²) in [6.45, 7) is 6.06. The third-order valence-electron chi connectivity index (χ3n) is 6.00. The number of likely N-dealkylation sites (N-methyl/N-ethyl adjacent to an activating group) is 1. The Balaban J connectivity index is 1.74. The van der Waals surface area contributed by atoms with Crippen LogP contribution in [0.25, 0.3) is 0 Å². The molecule has 1 saturated carbocycles. The van der Waals surface area contributed by atoms with Crippen molar-refractivity contribution in [2.24, 2.45) is 5.92 Å². The summed E-state index contributed by atoms with van der Waals surface area (Å²) in [4.78, 5) is 15.0. The van der Waals surface area contributed by atoms with Crippen molar-refractivity contribution >= 4 is 21.6 Å². The lowest BCUT2D eigenvalue weighted by atomic mass is 10.1. The fourth-order valence-electron chi connectivity index (χ4n) is 4.51. The number of hydrogen-bond donors (Lipinski definition) is 1. The van der Waals surface area contributed by atoms with E-state index < -0.39 is 10.0 Å². The fraction of sp³-hybridized carbons (Fsp3) is 0.696. The minimum absolute atomic E-state index is 0.0924. The van der Waals surface area contributed by atoms with Gasteiger partial charge in [0.05, 0.1) is 23.2 Å². The van der Waals surface area contributed by atoms with Gasteiger partial charge < -0.3 is 10.1 Å². The molecule has 0 bridgehead atoms. The van der Waals surface area contributed by atoms with E-state index in [4.69, 9.17) is 4.74 Å². The Hall–Kier alpha value is -1.64. The molecule has 1 saturated heterocycles. The van der Waals surface area contributed by atoms with Crippen LogP contribution in [0.1, 0.15) is 58.8 Å². The van der Waals surface area contributed by atoms with Crippen molar-refractivity contribution in [1.29, 1.82) is 0 Å². The smallest absolute Gasteiger partial charge is 0.243 e. The molecule has 0 aromatic heterocycles. The highest BCUT2D eigenvalue weighted by Crippen LogP contribution is 2.31. The zero-order valence-electron chi connectivity index (χ0n) is 19.1. The minimum Gasteiger partial charge on any atom is -0.489 e. The van der Waals surface area contributed by atoms with Gasteiger partial charge in [0.1, 0.15) is 5.75 Å². The predicted octanol–water partition coefficient (Wildman–Crippen LogP) is 3.71. The van der Waals surface area contributed by atoms with Crippen molar-refractivity contribution in [2.45, 2.75) is 69.8 Å². The molecule has 0 unspecified atom stereocenters. The molecule has 1 N–H and O–H groups in total. The van der Waals surface area contributed by atoms with E-state index in [0.717, 1.165) is 25.8 Å². The number of ether oxygens (including phenoxy) is 1. The van der Waals surface area contributed by atoms with Gasteiger partial charge in [-0.2, -0.15) is 4.31 Å². The van der Waals surface area contributed by atoms with Gasteiger partial charge in [-0.1, -0.05) is 19.3 Å². The highest BCUT2D eigenvalue weighted by molar-refractivity contribution is 7.89. The summed E-state index contributed by atoms with van der Waals surface area (Å²) in [6, 6.07) is 4.76. The van der Waals surface area contributed by atoms with Gasteiger partial charge in [-0.25, -0.2) is 8.42 Å². The first-order chi connectivity index (χ1) is 14.8. The van der Waals surface area contributed by atoms with Crippen LogP contribution in [0.2, 0.25) is 0 Å². The van der Waals surface area contributed by atoms with Gasteiger partial charge in [-0.3, -0.25) is 9.69 Å². The summed E-state index contributed by atoms with van der Waals surface area (Å²) in [6.07, 6.45) is 7.74. The monoisotopic (exact) mass is 451 g/mol. The van der Waals surface area contributed by atoms with Crippen molar-refractivity contribution in [2.75, 3.05) is 38.5 Å². The largest absolute Gasteiger partial charge is 0.489 e. The second kappa shape index (κ2) is 10.8. The highest BCUT2D eigenvalue weighted by atomic mass is 32.2. The zero-order chi connectivity index (χ0) is 22.4. The van der Waals surface area contributed by atoms with E-state index in [1.807, 2.05) is 25.8 Å². The third kappa shape index (κ3) is 6.67. The Morgan fingerprint density at radius 3 is 2.48 bits per heavy atom. The summed E-state index contributed by atoms with van der Waals surface area (Å²) in [5.41, 5.74) is 0.408. The van der Waals surface area contributed by atoms with E-state index in [2.05, 4.69) is 5.32 Å². The Morgan fingerprint density at radius 2 is 1.84 bits per heavy atom. The number of carbonyl (C=O) groups is 1. The van der Waals surface area contributed by atoms with Crippen molar-refractivity contribution in [1.82, 2.24) is 9.21 Å². The average Bonchev–Trinajstić information content (AvgIpc) is 3.22. The molecule has 1 amide bonds. The Kier molecular flexibility index (Phi) is 8.36. The van der Waals surface area contributed by atoms with Crippen molar-refractivity contribution in [3.8, 4) is 5.75 Å². The topological polar surface area (TPSA) is 79.0 Å². The third-order valence-corrected chi connectivity index (χ3v) is 7.89. The molecule has 1 aliphatic carbocycles. The quantitative estimate of drug-likeness (QED) is 0.619. The lowest BCUT2D eigenvalue weighted by Gasteiger charge is -2.26. The normalized spacial score (nSPS) is 18.6. The molecule has 1 aromatic rings. The molecule has 1 aromatic carbocycles. The van der Waals surface area contributed by atoms with Crippen LogP contribution in [-0.2, 0) is 14.8 Å². The lowest BCUT2D eigenvalue weighted by molar-refractivity contribution is -0.117. The van der Waals surface area contributed by atoms with Crippen LogP contribution in [0.5, 0.6) is 5.75 Å². The van der Waals surface area contributed by atoms with Crippen LogP contribution in [-0.4, -0.2) is 62.9 Å². The van der Waals surface area contributed by atoms with Crippen LogP contribution < -0.4 is 10.1 Å². The number of amides is 1. The van der Waals surface area contributed by atoms with Crippen molar-refractivity contribution in [3.05, 3.63) is 18.2 Å². The first-order valence-electron chi connectivity index (χ1n) is 11.5. The van der Waals surface area contributed by atoms with Gasteiger partial charge in [-0.15, -0.1) is 0 Å². The SMILES string of the molecule is CC(C)Oc1ccc(S(=O)(=O)N2CCCCC2)cc1NC(=O)CN(C)CC1CCCC1. The van der Waals surface area contributed by atoms with Crippen molar-refractivity contribution in [3.63, 3.8) is 0 Å². The van der Waals surface area contributed by atoms with Gasteiger partial charge in [0.25, 0.3) is 0 Å². The summed E-state index contributed by atoms with van der Waals surface area (Å²) in [7, 11) is -1.63. The van der Waals surface area contributed by atoms with Crippen LogP contribution in [0.15, 0.2) is 23.1 Å². The van der Waals surface area contributed by atoms with Crippen LogP contribution in [0.4, 0.5) is 5.69 Å². The summed E-state index contributed by atoms with van der Waals surface area (Å²) >= 11 is 0. The first kappa shape index (κ1) is 24.0. The Bertz CT molecular complexity index is 844. The molecule has 1 aliphatic heterocycles. The molecule has 0 spiro atoms. The van der Waals surface area contributed by atoms with Gasteiger partial charge in [-0.05, 0) is 70.7 Å². The fourth-order valence-corrected chi connectivity index (χ4v) is 6.06. The number of nitrogens with one attached hydrogen (secondary N) is 1. The molecule has 174 valence electrons. The van der Waals surface area contributed by atoms with Gasteiger partial charge in [0, 0.05) is 19.6 Å². The molecule has 1 heterocycles. The molecule has 31 heavy (non-hydrogen) atoms. The van der Waals surface area contributed by atoms with E-state index in [-0.39, 0.29) is 23.5 Å². The van der Waals surface area contributed by atoms with Gasteiger partial charge in [0.2, 0.25) is 15.9 Å². The van der Waals surface area contributed by atoms with Crippen molar-refractivity contribution < 1.29 is 17.9 Å². The zero-order valence-corrected chi connectivity index (χ0v) is 19.9. The maximum absolute atomic E-state index is 13.1. The van der Waals surface area contributed by atoms with E-state index in [9.17, 15) is 13.2 Å². The molecule has 8 heteroatoms. The Labute approximate surface area is 187 Å². The van der Waals surface area contributed by atoms with Gasteiger partial charge in [0.15, 0.2) is 0 Å².